The standard InChI is InChI=1S/C9H9N5O2S2/c10-13-8-6(2-1-3-7(8)14(15)16)4-17-9-11-5-12-18-9/h1-3,5,13H,4,10H2. The minimum Gasteiger partial charge on any atom is -0.318 e. The molecule has 0 saturated heterocycles. The topological polar surface area (TPSA) is 107 Å². The van der Waals surface area contributed by atoms with Crippen molar-refractivity contribution < 1.29 is 4.92 Å². The van der Waals surface area contributed by atoms with E-state index in [1.54, 1.807) is 12.1 Å². The molecule has 0 saturated carbocycles. The monoisotopic (exact) mass is 283 g/mol. The molecule has 0 aliphatic rings. The maximum Gasteiger partial charge on any atom is 0.293 e. The second-order valence-corrected chi connectivity index (χ2v) is 5.21. The van der Waals surface area contributed by atoms with Crippen molar-refractivity contribution in [1.29, 1.82) is 0 Å². The molecule has 7 nitrogen and oxygen atoms in total. The van der Waals surface area contributed by atoms with Crippen LogP contribution < -0.4 is 11.3 Å². The molecule has 2 aromatic rings. The van der Waals surface area contributed by atoms with Gasteiger partial charge in [0.15, 0.2) is 4.34 Å². The third-order valence-electron chi connectivity index (χ3n) is 2.16. The van der Waals surface area contributed by atoms with Crippen LogP contribution in [0.1, 0.15) is 5.56 Å². The van der Waals surface area contributed by atoms with Gasteiger partial charge >= 0.3 is 0 Å². The van der Waals surface area contributed by atoms with Gasteiger partial charge in [0.2, 0.25) is 0 Å². The van der Waals surface area contributed by atoms with Crippen molar-refractivity contribution in [3.8, 4) is 0 Å². The summed E-state index contributed by atoms with van der Waals surface area (Å²) in [5.74, 6) is 5.89. The van der Waals surface area contributed by atoms with E-state index in [0.717, 1.165) is 9.90 Å². The van der Waals surface area contributed by atoms with E-state index in [9.17, 15) is 10.1 Å². The lowest BCUT2D eigenvalue weighted by Gasteiger charge is -2.07. The van der Waals surface area contributed by atoms with Crippen LogP contribution in [0.4, 0.5) is 11.4 Å². The number of hydrogen-bond acceptors (Lipinski definition) is 8. The molecular formula is C9H9N5O2S2. The van der Waals surface area contributed by atoms with Crippen LogP contribution in [-0.4, -0.2) is 14.3 Å². The Morgan fingerprint density at radius 2 is 2.39 bits per heavy atom. The summed E-state index contributed by atoms with van der Waals surface area (Å²) >= 11 is 2.74. The van der Waals surface area contributed by atoms with Gasteiger partial charge in [-0.3, -0.25) is 16.0 Å². The molecular weight excluding hydrogens is 274 g/mol. The van der Waals surface area contributed by atoms with Crippen molar-refractivity contribution >= 4 is 34.7 Å². The fourth-order valence-corrected chi connectivity index (χ4v) is 2.83. The number of anilines is 1. The van der Waals surface area contributed by atoms with E-state index < -0.39 is 4.92 Å². The van der Waals surface area contributed by atoms with Crippen molar-refractivity contribution in [2.24, 2.45) is 5.84 Å². The van der Waals surface area contributed by atoms with Crippen molar-refractivity contribution in [1.82, 2.24) is 9.36 Å². The quantitative estimate of drug-likeness (QED) is 0.374. The van der Waals surface area contributed by atoms with E-state index in [4.69, 9.17) is 5.84 Å². The molecule has 0 atom stereocenters. The smallest absolute Gasteiger partial charge is 0.293 e. The number of rotatable bonds is 5. The van der Waals surface area contributed by atoms with Crippen LogP contribution >= 0.6 is 23.3 Å². The molecule has 0 spiro atoms. The maximum atomic E-state index is 10.8. The number of nitrogens with two attached hydrogens (primary N) is 1. The van der Waals surface area contributed by atoms with Crippen LogP contribution in [0.2, 0.25) is 0 Å². The molecule has 1 aromatic carbocycles. The van der Waals surface area contributed by atoms with Crippen molar-refractivity contribution in [2.45, 2.75) is 10.1 Å². The van der Waals surface area contributed by atoms with Crippen LogP contribution in [0.25, 0.3) is 0 Å². The fourth-order valence-electron chi connectivity index (χ4n) is 1.39. The lowest BCUT2D eigenvalue weighted by Crippen LogP contribution is -2.11. The number of aromatic nitrogens is 2. The molecule has 1 aromatic heterocycles. The normalized spacial score (nSPS) is 10.3. The first-order chi connectivity index (χ1) is 8.72. The summed E-state index contributed by atoms with van der Waals surface area (Å²) in [5, 5.41) is 10.8. The predicted molar refractivity (Wildman–Crippen MR) is 70.4 cm³/mol. The van der Waals surface area contributed by atoms with Gasteiger partial charge < -0.3 is 5.43 Å². The van der Waals surface area contributed by atoms with Crippen molar-refractivity contribution in [2.75, 3.05) is 5.43 Å². The molecule has 0 aliphatic carbocycles. The molecule has 0 aliphatic heterocycles. The Hall–Kier alpha value is -1.71. The van der Waals surface area contributed by atoms with E-state index in [1.807, 2.05) is 0 Å². The Kier molecular flexibility index (Phi) is 4.07. The van der Waals surface area contributed by atoms with Gasteiger partial charge in [-0.2, -0.15) is 4.37 Å². The van der Waals surface area contributed by atoms with E-state index in [2.05, 4.69) is 14.8 Å². The SMILES string of the molecule is NNc1c(CSc2ncns2)cccc1[N+](=O)[O-]. The molecule has 3 N–H and O–H groups in total. The number of para-hydroxylation sites is 1. The lowest BCUT2D eigenvalue weighted by atomic mass is 10.2. The summed E-state index contributed by atoms with van der Waals surface area (Å²) in [4.78, 5) is 14.4. The van der Waals surface area contributed by atoms with Gasteiger partial charge in [0.05, 0.1) is 4.92 Å². The van der Waals surface area contributed by atoms with Crippen LogP contribution in [-0.2, 0) is 5.75 Å². The first kappa shape index (κ1) is 12.7. The molecule has 94 valence electrons. The highest BCUT2D eigenvalue weighted by Crippen LogP contribution is 2.32. The van der Waals surface area contributed by atoms with Crippen molar-refractivity contribution in [3.63, 3.8) is 0 Å². The second kappa shape index (κ2) is 5.76. The van der Waals surface area contributed by atoms with Gasteiger partial charge in [0, 0.05) is 11.8 Å². The second-order valence-electron chi connectivity index (χ2n) is 3.21. The Bertz CT molecular complexity index is 546. The molecule has 18 heavy (non-hydrogen) atoms. The molecule has 1 heterocycles. The summed E-state index contributed by atoms with van der Waals surface area (Å²) in [7, 11) is 0. The lowest BCUT2D eigenvalue weighted by molar-refractivity contribution is -0.384. The zero-order valence-corrected chi connectivity index (χ0v) is 10.7. The number of nitro groups is 1. The molecule has 0 amide bonds. The first-order valence-electron chi connectivity index (χ1n) is 4.84. The van der Waals surface area contributed by atoms with Gasteiger partial charge in [-0.15, -0.1) is 0 Å². The van der Waals surface area contributed by atoms with Gasteiger partial charge in [-0.25, -0.2) is 4.98 Å². The molecule has 0 fully saturated rings. The Balaban J connectivity index is 2.22. The Morgan fingerprint density at radius 1 is 1.56 bits per heavy atom. The number of thioether (sulfide) groups is 1. The van der Waals surface area contributed by atoms with Crippen molar-refractivity contribution in [3.05, 3.63) is 40.2 Å². The minimum absolute atomic E-state index is 0.0344. The molecule has 0 unspecified atom stereocenters. The zero-order chi connectivity index (χ0) is 13.0. The van der Waals surface area contributed by atoms with E-state index >= 15 is 0 Å². The average Bonchev–Trinajstić information content (AvgIpc) is 2.88. The summed E-state index contributed by atoms with van der Waals surface area (Å²) in [6.45, 7) is 0. The highest BCUT2D eigenvalue weighted by molar-refractivity contribution is 8.00. The number of nitrogens with zero attached hydrogens (tertiary/aromatic N) is 3. The summed E-state index contributed by atoms with van der Waals surface area (Å²) in [6.07, 6.45) is 1.47. The highest BCUT2D eigenvalue weighted by Gasteiger charge is 2.16. The number of benzene rings is 1. The average molecular weight is 283 g/mol. The Labute approximate surface area is 111 Å². The number of nitrogen functional groups attached to an aromatic ring is 1. The number of nitro benzene ring substituents is 1. The van der Waals surface area contributed by atoms with Gasteiger partial charge in [0.25, 0.3) is 5.69 Å². The van der Waals surface area contributed by atoms with E-state index in [0.29, 0.717) is 11.4 Å². The number of hydrogen-bond donors (Lipinski definition) is 2. The number of nitrogens with one attached hydrogen (secondary N) is 1. The van der Waals surface area contributed by atoms with Crippen LogP contribution in [0, 0.1) is 10.1 Å². The van der Waals surface area contributed by atoms with E-state index in [-0.39, 0.29) is 5.69 Å². The first-order valence-corrected chi connectivity index (χ1v) is 6.60. The third-order valence-corrected chi connectivity index (χ3v) is 4.01. The molecule has 0 bridgehead atoms. The maximum absolute atomic E-state index is 10.8. The molecule has 9 heteroatoms. The largest absolute Gasteiger partial charge is 0.318 e. The zero-order valence-electron chi connectivity index (χ0n) is 9.07. The highest BCUT2D eigenvalue weighted by atomic mass is 32.2. The minimum atomic E-state index is -0.464. The van der Waals surface area contributed by atoms with Gasteiger partial charge in [-0.05, 0) is 17.1 Å². The summed E-state index contributed by atoms with van der Waals surface area (Å²) < 4.78 is 4.69. The van der Waals surface area contributed by atoms with Crippen LogP contribution in [0.15, 0.2) is 28.9 Å². The number of hydrazine groups is 1. The fraction of sp³-hybridized carbons (Fsp3) is 0.111. The third kappa shape index (κ3) is 2.75. The molecule has 0 radical (unpaired) electrons. The van der Waals surface area contributed by atoms with Crippen LogP contribution in [0.5, 0.6) is 0 Å². The Morgan fingerprint density at radius 3 is 3.00 bits per heavy atom. The van der Waals surface area contributed by atoms with Gasteiger partial charge in [0.1, 0.15) is 12.0 Å². The van der Waals surface area contributed by atoms with Gasteiger partial charge in [-0.1, -0.05) is 23.9 Å². The van der Waals surface area contributed by atoms with E-state index in [1.165, 1.54) is 35.7 Å². The summed E-state index contributed by atoms with van der Waals surface area (Å²) in [6, 6.07) is 4.83. The predicted octanol–water partition coefficient (Wildman–Crippen LogP) is 2.02. The van der Waals surface area contributed by atoms with Crippen LogP contribution in [0.3, 0.4) is 0 Å². The summed E-state index contributed by atoms with van der Waals surface area (Å²) in [5.41, 5.74) is 3.44. The molecule has 2 rings (SSSR count).